The molecule has 8 heteroatoms. The largest absolute Gasteiger partial charge is 0.478 e. The number of aromatic carboxylic acids is 1. The van der Waals surface area contributed by atoms with E-state index < -0.39 is 16.0 Å². The summed E-state index contributed by atoms with van der Waals surface area (Å²) in [5, 5.41) is 9.20. The fourth-order valence-electron chi connectivity index (χ4n) is 2.18. The van der Waals surface area contributed by atoms with Crippen LogP contribution in [0.25, 0.3) is 0 Å². The minimum Gasteiger partial charge on any atom is -0.478 e. The smallest absolute Gasteiger partial charge is 0.339 e. The van der Waals surface area contributed by atoms with Crippen LogP contribution in [0.15, 0.2) is 12.1 Å². The van der Waals surface area contributed by atoms with Crippen LogP contribution in [0.3, 0.4) is 0 Å². The third-order valence-electron chi connectivity index (χ3n) is 3.25. The van der Waals surface area contributed by atoms with Gasteiger partial charge < -0.3 is 10.0 Å². The molecule has 0 unspecified atom stereocenters. The lowest BCUT2D eigenvalue weighted by molar-refractivity contribution is 0.0697. The summed E-state index contributed by atoms with van der Waals surface area (Å²) < 4.78 is 24.3. The van der Waals surface area contributed by atoms with Gasteiger partial charge in [0.2, 0.25) is 10.0 Å². The van der Waals surface area contributed by atoms with Crippen LogP contribution in [0.2, 0.25) is 0 Å². The summed E-state index contributed by atoms with van der Waals surface area (Å²) in [5.74, 6) is -0.622. The molecular weight excluding hydrogens is 282 g/mol. The van der Waals surface area contributed by atoms with Crippen molar-refractivity contribution in [1.82, 2.24) is 9.29 Å². The molecule has 0 saturated carbocycles. The third kappa shape index (κ3) is 3.07. The summed E-state index contributed by atoms with van der Waals surface area (Å²) in [6.45, 7) is 3.34. The number of aromatic nitrogens is 1. The van der Waals surface area contributed by atoms with Crippen molar-refractivity contribution in [2.24, 2.45) is 0 Å². The molecule has 0 spiro atoms. The normalized spacial score (nSPS) is 17.2. The van der Waals surface area contributed by atoms with Crippen LogP contribution in [-0.2, 0) is 10.0 Å². The second-order valence-corrected chi connectivity index (χ2v) is 6.76. The molecule has 1 aliphatic rings. The second kappa shape index (κ2) is 5.37. The molecule has 20 heavy (non-hydrogen) atoms. The molecular formula is C12H17N3O4S. The maximum absolute atomic E-state index is 11.5. The van der Waals surface area contributed by atoms with Gasteiger partial charge in [-0.1, -0.05) is 0 Å². The van der Waals surface area contributed by atoms with Crippen LogP contribution in [-0.4, -0.2) is 61.2 Å². The highest BCUT2D eigenvalue weighted by Gasteiger charge is 2.26. The average Bonchev–Trinajstić information content (AvgIpc) is 2.37. The van der Waals surface area contributed by atoms with Gasteiger partial charge >= 0.3 is 5.97 Å². The lowest BCUT2D eigenvalue weighted by Crippen LogP contribution is -2.49. The number of piperazine rings is 1. The Labute approximate surface area is 117 Å². The highest BCUT2D eigenvalue weighted by Crippen LogP contribution is 2.20. The van der Waals surface area contributed by atoms with E-state index in [1.165, 1.54) is 16.6 Å². The van der Waals surface area contributed by atoms with E-state index in [0.29, 0.717) is 32.0 Å². The predicted molar refractivity (Wildman–Crippen MR) is 74.6 cm³/mol. The maximum Gasteiger partial charge on any atom is 0.339 e. The quantitative estimate of drug-likeness (QED) is 0.855. The van der Waals surface area contributed by atoms with Crippen LogP contribution >= 0.6 is 0 Å². The molecule has 1 aromatic rings. The SMILES string of the molecule is Cc1ccc(C(=O)O)c(N2CCN(S(C)(=O)=O)CC2)n1. The van der Waals surface area contributed by atoms with E-state index in [9.17, 15) is 18.3 Å². The Bertz CT molecular complexity index is 622. The van der Waals surface area contributed by atoms with Gasteiger partial charge in [-0.15, -0.1) is 0 Å². The van der Waals surface area contributed by atoms with Gasteiger partial charge in [0.25, 0.3) is 0 Å². The number of aryl methyl sites for hydroxylation is 1. The first kappa shape index (κ1) is 14.7. The van der Waals surface area contributed by atoms with E-state index in [-0.39, 0.29) is 5.56 Å². The Kier molecular flexibility index (Phi) is 3.96. The zero-order valence-corrected chi connectivity index (χ0v) is 12.2. The van der Waals surface area contributed by atoms with E-state index >= 15 is 0 Å². The van der Waals surface area contributed by atoms with Gasteiger partial charge in [0.1, 0.15) is 11.4 Å². The number of nitrogens with zero attached hydrogens (tertiary/aromatic N) is 3. The number of hydrogen-bond acceptors (Lipinski definition) is 5. The van der Waals surface area contributed by atoms with Crippen LogP contribution < -0.4 is 4.90 Å². The van der Waals surface area contributed by atoms with Crippen molar-refractivity contribution in [3.63, 3.8) is 0 Å². The molecule has 7 nitrogen and oxygen atoms in total. The van der Waals surface area contributed by atoms with Crippen LogP contribution in [0.4, 0.5) is 5.82 Å². The summed E-state index contributed by atoms with van der Waals surface area (Å²) in [6, 6.07) is 3.18. The van der Waals surface area contributed by atoms with E-state index in [4.69, 9.17) is 0 Å². The molecule has 0 aliphatic carbocycles. The first-order chi connectivity index (χ1) is 9.29. The predicted octanol–water partition coefficient (Wildman–Crippen LogP) is 0.170. The van der Waals surface area contributed by atoms with Gasteiger partial charge in [0.05, 0.1) is 6.26 Å². The van der Waals surface area contributed by atoms with Crippen molar-refractivity contribution in [2.45, 2.75) is 6.92 Å². The number of rotatable bonds is 3. The van der Waals surface area contributed by atoms with Gasteiger partial charge in [-0.25, -0.2) is 18.2 Å². The van der Waals surface area contributed by atoms with Gasteiger partial charge in [-0.2, -0.15) is 4.31 Å². The van der Waals surface area contributed by atoms with Gasteiger partial charge in [-0.3, -0.25) is 0 Å². The van der Waals surface area contributed by atoms with Crippen molar-refractivity contribution in [3.8, 4) is 0 Å². The average molecular weight is 299 g/mol. The maximum atomic E-state index is 11.5. The topological polar surface area (TPSA) is 90.8 Å². The van der Waals surface area contributed by atoms with Gasteiger partial charge in [0, 0.05) is 31.9 Å². The lowest BCUT2D eigenvalue weighted by Gasteiger charge is -2.34. The van der Waals surface area contributed by atoms with Crippen LogP contribution in [0.5, 0.6) is 0 Å². The Morgan fingerprint density at radius 1 is 1.25 bits per heavy atom. The number of carboxylic acids is 1. The van der Waals surface area contributed by atoms with E-state index in [0.717, 1.165) is 5.69 Å². The first-order valence-electron chi connectivity index (χ1n) is 6.20. The fraction of sp³-hybridized carbons (Fsp3) is 0.500. The Morgan fingerprint density at radius 3 is 2.35 bits per heavy atom. The molecule has 1 aliphatic heterocycles. The minimum atomic E-state index is -3.20. The molecule has 0 aromatic carbocycles. The third-order valence-corrected chi connectivity index (χ3v) is 4.56. The van der Waals surface area contributed by atoms with Crippen LogP contribution in [0.1, 0.15) is 16.1 Å². The summed E-state index contributed by atoms with van der Waals surface area (Å²) in [6.07, 6.45) is 1.18. The van der Waals surface area contributed by atoms with Crippen molar-refractivity contribution in [2.75, 3.05) is 37.3 Å². The zero-order valence-electron chi connectivity index (χ0n) is 11.4. The standard InChI is InChI=1S/C12H17N3O4S/c1-9-3-4-10(12(16)17)11(13-9)14-5-7-15(8-6-14)20(2,18)19/h3-4H,5-8H2,1-2H3,(H,16,17). The zero-order chi connectivity index (χ0) is 14.9. The highest BCUT2D eigenvalue weighted by atomic mass is 32.2. The van der Waals surface area contributed by atoms with Crippen molar-refractivity contribution in [3.05, 3.63) is 23.4 Å². The monoisotopic (exact) mass is 299 g/mol. The lowest BCUT2D eigenvalue weighted by atomic mass is 10.2. The van der Waals surface area contributed by atoms with Crippen molar-refractivity contribution in [1.29, 1.82) is 0 Å². The number of sulfonamides is 1. The molecule has 2 heterocycles. The number of pyridine rings is 1. The number of hydrogen-bond donors (Lipinski definition) is 1. The molecule has 1 fully saturated rings. The Morgan fingerprint density at radius 2 is 1.85 bits per heavy atom. The minimum absolute atomic E-state index is 0.142. The molecule has 0 amide bonds. The fourth-order valence-corrected chi connectivity index (χ4v) is 3.01. The van der Waals surface area contributed by atoms with E-state index in [1.807, 2.05) is 4.90 Å². The van der Waals surface area contributed by atoms with Crippen molar-refractivity contribution < 1.29 is 18.3 Å². The van der Waals surface area contributed by atoms with Crippen LogP contribution in [0, 0.1) is 6.92 Å². The second-order valence-electron chi connectivity index (χ2n) is 4.78. The summed E-state index contributed by atoms with van der Waals surface area (Å²) in [5.41, 5.74) is 0.874. The molecule has 110 valence electrons. The summed E-state index contributed by atoms with van der Waals surface area (Å²) in [4.78, 5) is 17.3. The molecule has 1 aromatic heterocycles. The first-order valence-corrected chi connectivity index (χ1v) is 8.05. The molecule has 0 atom stereocenters. The molecule has 2 rings (SSSR count). The molecule has 1 N–H and O–H groups in total. The Hall–Kier alpha value is -1.67. The van der Waals surface area contributed by atoms with Crippen molar-refractivity contribution >= 4 is 21.8 Å². The number of carbonyl (C=O) groups is 1. The summed E-state index contributed by atoms with van der Waals surface area (Å²) >= 11 is 0. The highest BCUT2D eigenvalue weighted by molar-refractivity contribution is 7.88. The molecule has 0 radical (unpaired) electrons. The number of anilines is 1. The Balaban J connectivity index is 2.22. The van der Waals surface area contributed by atoms with E-state index in [2.05, 4.69) is 4.98 Å². The van der Waals surface area contributed by atoms with E-state index in [1.54, 1.807) is 13.0 Å². The molecule has 1 saturated heterocycles. The summed E-state index contributed by atoms with van der Waals surface area (Å²) in [7, 11) is -3.20. The number of carboxylic acid groups (broad SMARTS) is 1. The van der Waals surface area contributed by atoms with Gasteiger partial charge in [-0.05, 0) is 19.1 Å². The molecule has 0 bridgehead atoms. The van der Waals surface area contributed by atoms with Gasteiger partial charge in [0.15, 0.2) is 0 Å².